The van der Waals surface area contributed by atoms with Crippen molar-refractivity contribution in [1.82, 2.24) is 25.5 Å². The number of carbonyl (C=O) groups excluding carboxylic acids is 3. The number of unbranched alkanes of at least 4 members (excludes halogenated alkanes) is 3. The molecule has 0 radical (unpaired) electrons. The number of imide groups is 1. The predicted octanol–water partition coefficient (Wildman–Crippen LogP) is 4.23. The van der Waals surface area contributed by atoms with Gasteiger partial charge in [0.2, 0.25) is 5.91 Å². The zero-order chi connectivity index (χ0) is 39.3. The first kappa shape index (κ1) is 40.0. The van der Waals surface area contributed by atoms with Crippen molar-refractivity contribution in [2.24, 2.45) is 15.9 Å². The minimum atomic E-state index is -1.09. The molecule has 3 N–H and O–H groups in total. The molecule has 1 saturated carbocycles. The number of carbonyl (C=O) groups is 3. The molecular weight excluding hydrogens is 724 g/mol. The molecule has 55 heavy (non-hydrogen) atoms. The highest BCUT2D eigenvalue weighted by Gasteiger charge is 2.64. The normalized spacial score (nSPS) is 24.6. The number of piperazine rings is 1. The summed E-state index contributed by atoms with van der Waals surface area (Å²) >= 11 is 6.23. The molecule has 2 saturated heterocycles. The number of anilines is 1. The van der Waals surface area contributed by atoms with Crippen molar-refractivity contribution in [3.63, 3.8) is 0 Å². The van der Waals surface area contributed by atoms with Crippen molar-refractivity contribution < 1.29 is 29.0 Å². The number of nitrogens with one attached hydrogen (secondary N) is 2. The Labute approximate surface area is 327 Å². The van der Waals surface area contributed by atoms with Gasteiger partial charge in [-0.15, -0.1) is 0 Å². The van der Waals surface area contributed by atoms with E-state index in [0.29, 0.717) is 40.7 Å². The van der Waals surface area contributed by atoms with Gasteiger partial charge in [-0.25, -0.2) is 4.98 Å². The van der Waals surface area contributed by atoms with E-state index in [2.05, 4.69) is 64.3 Å². The minimum absolute atomic E-state index is 0.140. The molecule has 3 fully saturated rings. The third-order valence-corrected chi connectivity index (χ3v) is 11.5. The fourth-order valence-corrected chi connectivity index (χ4v) is 8.65. The molecule has 2 aromatic rings. The monoisotopic (exact) mass is 774 g/mol. The van der Waals surface area contributed by atoms with Crippen LogP contribution in [0.1, 0.15) is 82.1 Å². The highest BCUT2D eigenvalue weighted by atomic mass is 35.5. The molecule has 0 bridgehead atoms. The number of aliphatic hydroxyl groups excluding tert-OH is 1. The second kappa shape index (κ2) is 17.0. The van der Waals surface area contributed by atoms with Gasteiger partial charge in [0.15, 0.2) is 6.23 Å². The summed E-state index contributed by atoms with van der Waals surface area (Å²) in [6.07, 6.45) is 8.01. The molecule has 0 spiro atoms. The number of nitrogens with zero attached hydrogens (tertiary/aromatic N) is 6. The second-order valence-corrected chi connectivity index (χ2v) is 16.3. The Kier molecular flexibility index (Phi) is 12.3. The number of hydrazone groups is 1. The number of aliphatic hydroxyl groups is 1. The maximum atomic E-state index is 13.4. The predicted molar refractivity (Wildman–Crippen MR) is 207 cm³/mol. The SMILES string of the molecule is CC1(C)[C@H](NC(=O)c2ccc(N3CCN(CCCCCCOC4=CC(O)N(C5CCC(=O)NC5=O)N=C4)CC3)nc2)C(C)(C)[C@H]1Oc1ccc(C#N)c(Cl)c1. The average molecular weight is 775 g/mol. The molecule has 3 amide bonds. The lowest BCUT2D eigenvalue weighted by Crippen LogP contribution is -2.74. The van der Waals surface area contributed by atoms with Gasteiger partial charge in [-0.2, -0.15) is 10.4 Å². The molecule has 294 valence electrons. The lowest BCUT2D eigenvalue weighted by Gasteiger charge is -2.63. The van der Waals surface area contributed by atoms with E-state index in [1.165, 1.54) is 17.3 Å². The molecule has 1 aromatic heterocycles. The van der Waals surface area contributed by atoms with Crippen LogP contribution in [0.2, 0.25) is 5.02 Å². The van der Waals surface area contributed by atoms with E-state index in [4.69, 9.17) is 21.1 Å². The lowest BCUT2D eigenvalue weighted by molar-refractivity contribution is -0.164. The van der Waals surface area contributed by atoms with Crippen LogP contribution in [-0.2, 0) is 14.3 Å². The molecule has 4 heterocycles. The Morgan fingerprint density at radius 1 is 1.07 bits per heavy atom. The summed E-state index contributed by atoms with van der Waals surface area (Å²) in [7, 11) is 0. The fourth-order valence-electron chi connectivity index (χ4n) is 8.44. The molecule has 2 unspecified atom stereocenters. The van der Waals surface area contributed by atoms with Gasteiger partial charge in [0.25, 0.3) is 11.8 Å². The average Bonchev–Trinajstić information content (AvgIpc) is 3.16. The van der Waals surface area contributed by atoms with Crippen LogP contribution in [0.25, 0.3) is 0 Å². The van der Waals surface area contributed by atoms with Crippen molar-refractivity contribution in [2.45, 2.75) is 90.6 Å². The Morgan fingerprint density at radius 2 is 1.82 bits per heavy atom. The first-order valence-electron chi connectivity index (χ1n) is 19.1. The number of hydrogen-bond acceptors (Lipinski definition) is 12. The summed E-state index contributed by atoms with van der Waals surface area (Å²) in [5.74, 6) is 0.997. The van der Waals surface area contributed by atoms with Crippen molar-refractivity contribution in [2.75, 3.05) is 44.2 Å². The number of rotatable bonds is 14. The van der Waals surface area contributed by atoms with Crippen LogP contribution >= 0.6 is 11.6 Å². The zero-order valence-electron chi connectivity index (χ0n) is 32.0. The molecule has 1 aromatic carbocycles. The number of amides is 3. The van der Waals surface area contributed by atoms with Crippen molar-refractivity contribution in [1.29, 1.82) is 5.26 Å². The smallest absolute Gasteiger partial charge is 0.253 e. The number of aromatic nitrogens is 1. The van der Waals surface area contributed by atoms with Crippen molar-refractivity contribution in [3.05, 3.63) is 64.5 Å². The summed E-state index contributed by atoms with van der Waals surface area (Å²) < 4.78 is 12.1. The van der Waals surface area contributed by atoms with Gasteiger partial charge < -0.3 is 24.8 Å². The first-order valence-corrected chi connectivity index (χ1v) is 19.4. The maximum absolute atomic E-state index is 13.4. The molecule has 6 rings (SSSR count). The van der Waals surface area contributed by atoms with Gasteiger partial charge >= 0.3 is 0 Å². The lowest BCUT2D eigenvalue weighted by atomic mass is 9.49. The first-order chi connectivity index (χ1) is 26.3. The van der Waals surface area contributed by atoms with Crippen LogP contribution < -0.4 is 20.3 Å². The molecule has 1 aliphatic carbocycles. The Bertz CT molecular complexity index is 1820. The van der Waals surface area contributed by atoms with E-state index >= 15 is 0 Å². The quantitative estimate of drug-likeness (QED) is 0.185. The van der Waals surface area contributed by atoms with Gasteiger partial charge in [0.1, 0.15) is 35.5 Å². The van der Waals surface area contributed by atoms with Crippen LogP contribution in [-0.4, -0.2) is 108 Å². The number of ether oxygens (including phenoxy) is 2. The number of halogens is 1. The Hall–Kier alpha value is -4.71. The van der Waals surface area contributed by atoms with Gasteiger partial charge in [0.05, 0.1) is 29.0 Å². The van der Waals surface area contributed by atoms with E-state index in [-0.39, 0.29) is 41.2 Å². The summed E-state index contributed by atoms with van der Waals surface area (Å²) in [6, 6.07) is 10.1. The number of hydrogen-bond donors (Lipinski definition) is 3. The summed E-state index contributed by atoms with van der Waals surface area (Å²) in [6.45, 7) is 13.5. The molecule has 3 aliphatic heterocycles. The van der Waals surface area contributed by atoms with E-state index in [0.717, 1.165) is 64.2 Å². The van der Waals surface area contributed by atoms with E-state index in [9.17, 15) is 24.8 Å². The largest absolute Gasteiger partial charge is 0.492 e. The number of piperidine rings is 1. The number of benzene rings is 1. The van der Waals surface area contributed by atoms with Gasteiger partial charge in [-0.1, -0.05) is 52.1 Å². The summed E-state index contributed by atoms with van der Waals surface area (Å²) in [5, 5.41) is 31.0. The third kappa shape index (κ3) is 9.06. The van der Waals surface area contributed by atoms with Gasteiger partial charge in [-0.05, 0) is 50.1 Å². The van der Waals surface area contributed by atoms with Gasteiger partial charge in [0, 0.05) is 67.8 Å². The number of nitriles is 1. The fraction of sp³-hybridized carbons (Fsp3) is 0.550. The molecule has 4 aliphatic rings. The van der Waals surface area contributed by atoms with Crippen LogP contribution in [0.3, 0.4) is 0 Å². The standard InChI is InChI=1S/C40H51ClN8O6/c1-39(2)37(40(3,4)38(39)55-28-11-9-26(23-42)30(41)21-28)46-35(52)27-10-13-32(43-24-27)48-18-16-47(17-19-48)15-7-5-6-8-20-54-29-22-34(51)49(44-25-29)31-12-14-33(50)45-36(31)53/h9-11,13,21-22,24-25,31,34,37-38,51H,5-8,12,14-20H2,1-4H3,(H,46,52)(H,45,50,53)/t31?,34?,37-,38-. The molecular formula is C40H51ClN8O6. The Balaban J connectivity index is 0.860. The van der Waals surface area contributed by atoms with Crippen LogP contribution in [0.4, 0.5) is 5.82 Å². The third-order valence-electron chi connectivity index (χ3n) is 11.2. The highest BCUT2D eigenvalue weighted by Crippen LogP contribution is 2.55. The molecule has 14 nitrogen and oxygen atoms in total. The highest BCUT2D eigenvalue weighted by molar-refractivity contribution is 6.31. The van der Waals surface area contributed by atoms with E-state index in [1.807, 2.05) is 12.1 Å². The summed E-state index contributed by atoms with van der Waals surface area (Å²) in [4.78, 5) is 46.3. The number of pyridine rings is 1. The minimum Gasteiger partial charge on any atom is -0.492 e. The van der Waals surface area contributed by atoms with Crippen LogP contribution in [0.15, 0.2) is 53.5 Å². The van der Waals surface area contributed by atoms with Crippen LogP contribution in [0, 0.1) is 22.2 Å². The summed E-state index contributed by atoms with van der Waals surface area (Å²) in [5.41, 5.74) is 0.193. The maximum Gasteiger partial charge on any atom is 0.253 e. The zero-order valence-corrected chi connectivity index (χ0v) is 32.7. The van der Waals surface area contributed by atoms with Crippen LogP contribution in [0.5, 0.6) is 5.75 Å². The molecule has 15 heteroatoms. The Morgan fingerprint density at radius 3 is 2.47 bits per heavy atom. The van der Waals surface area contributed by atoms with E-state index < -0.39 is 18.2 Å². The van der Waals surface area contributed by atoms with Gasteiger partial charge in [-0.3, -0.25) is 29.6 Å². The van der Waals surface area contributed by atoms with E-state index in [1.54, 1.807) is 24.4 Å². The van der Waals surface area contributed by atoms with Crippen molar-refractivity contribution >= 4 is 41.4 Å². The van der Waals surface area contributed by atoms with Crippen molar-refractivity contribution in [3.8, 4) is 11.8 Å². The topological polar surface area (TPSA) is 173 Å². The second-order valence-electron chi connectivity index (χ2n) is 15.9. The number of allylic oxidation sites excluding steroid dienone is 1. The molecule has 2 atom stereocenters.